The number of hydrogen-bond acceptors (Lipinski definition) is 3. The summed E-state index contributed by atoms with van der Waals surface area (Å²) in [5.74, 6) is -0.444. The third-order valence-electron chi connectivity index (χ3n) is 3.35. The van der Waals surface area contributed by atoms with Gasteiger partial charge in [0.15, 0.2) is 0 Å². The van der Waals surface area contributed by atoms with Crippen LogP contribution in [0.5, 0.6) is 0 Å². The molecule has 0 saturated heterocycles. The quantitative estimate of drug-likeness (QED) is 0.917. The average molecular weight is 319 g/mol. The Balaban J connectivity index is 1.96. The van der Waals surface area contributed by atoms with Gasteiger partial charge >= 0.3 is 0 Å². The normalized spacial score (nSPS) is 12.2. The van der Waals surface area contributed by atoms with Gasteiger partial charge in [-0.3, -0.25) is 4.90 Å². The lowest BCUT2D eigenvalue weighted by Gasteiger charge is -2.21. The van der Waals surface area contributed by atoms with E-state index in [4.69, 9.17) is 16.9 Å². The minimum absolute atomic E-state index is 0.101. The maximum absolute atomic E-state index is 13.4. The van der Waals surface area contributed by atoms with E-state index < -0.39 is 11.9 Å². The van der Waals surface area contributed by atoms with E-state index in [9.17, 15) is 9.50 Å². The van der Waals surface area contributed by atoms with Gasteiger partial charge in [0, 0.05) is 13.1 Å². The van der Waals surface area contributed by atoms with Crippen LogP contribution in [0.2, 0.25) is 5.02 Å². The smallest absolute Gasteiger partial charge is 0.142 e. The van der Waals surface area contributed by atoms with Crippen molar-refractivity contribution in [3.63, 3.8) is 0 Å². The highest BCUT2D eigenvalue weighted by molar-refractivity contribution is 6.30. The highest BCUT2D eigenvalue weighted by Gasteiger charge is 2.12. The van der Waals surface area contributed by atoms with Gasteiger partial charge < -0.3 is 5.11 Å². The van der Waals surface area contributed by atoms with Gasteiger partial charge in [0.05, 0.1) is 22.8 Å². The molecule has 2 aromatic rings. The zero-order chi connectivity index (χ0) is 16.1. The van der Waals surface area contributed by atoms with Crippen LogP contribution in [0.25, 0.3) is 0 Å². The Kier molecular flexibility index (Phi) is 5.51. The standard InChI is InChI=1S/C17H16ClFN2O/c1-21(10-13-4-7-15(18)16(19)8-13)11-17(22)14-5-2-12(9-20)3-6-14/h2-8,17,22H,10-11H2,1H3. The largest absolute Gasteiger partial charge is 0.387 e. The van der Waals surface area contributed by atoms with E-state index in [2.05, 4.69) is 0 Å². The molecule has 0 radical (unpaired) electrons. The fraction of sp³-hybridized carbons (Fsp3) is 0.235. The zero-order valence-electron chi connectivity index (χ0n) is 12.1. The molecule has 0 saturated carbocycles. The summed E-state index contributed by atoms with van der Waals surface area (Å²) >= 11 is 5.65. The van der Waals surface area contributed by atoms with Gasteiger partial charge in [-0.2, -0.15) is 5.26 Å². The molecule has 0 bridgehead atoms. The molecule has 22 heavy (non-hydrogen) atoms. The molecule has 0 heterocycles. The number of nitrogens with zero attached hydrogens (tertiary/aromatic N) is 2. The number of hydrogen-bond donors (Lipinski definition) is 1. The van der Waals surface area contributed by atoms with Crippen LogP contribution in [-0.2, 0) is 6.54 Å². The van der Waals surface area contributed by atoms with Crippen molar-refractivity contribution in [3.8, 4) is 6.07 Å². The first-order valence-corrected chi connectivity index (χ1v) is 7.18. The molecule has 3 nitrogen and oxygen atoms in total. The van der Waals surface area contributed by atoms with Crippen LogP contribution >= 0.6 is 11.6 Å². The highest BCUT2D eigenvalue weighted by Crippen LogP contribution is 2.18. The van der Waals surface area contributed by atoms with E-state index in [0.717, 1.165) is 11.1 Å². The Bertz CT molecular complexity index is 682. The molecule has 0 aliphatic carbocycles. The van der Waals surface area contributed by atoms with E-state index >= 15 is 0 Å². The minimum Gasteiger partial charge on any atom is -0.387 e. The fourth-order valence-corrected chi connectivity index (χ4v) is 2.31. The summed E-state index contributed by atoms with van der Waals surface area (Å²) in [6.45, 7) is 0.900. The molecule has 0 spiro atoms. The van der Waals surface area contributed by atoms with Crippen molar-refractivity contribution in [2.75, 3.05) is 13.6 Å². The van der Waals surface area contributed by atoms with Gasteiger partial charge in [-0.25, -0.2) is 4.39 Å². The first kappa shape index (κ1) is 16.4. The molecule has 2 aromatic carbocycles. The van der Waals surface area contributed by atoms with Crippen molar-refractivity contribution in [1.82, 2.24) is 4.90 Å². The average Bonchev–Trinajstić information content (AvgIpc) is 2.51. The van der Waals surface area contributed by atoms with Crippen LogP contribution in [0.4, 0.5) is 4.39 Å². The lowest BCUT2D eigenvalue weighted by molar-refractivity contribution is 0.124. The molecule has 0 fully saturated rings. The fourth-order valence-electron chi connectivity index (χ4n) is 2.19. The van der Waals surface area contributed by atoms with Crippen LogP contribution in [0, 0.1) is 17.1 Å². The van der Waals surface area contributed by atoms with Gasteiger partial charge in [0.25, 0.3) is 0 Å². The van der Waals surface area contributed by atoms with E-state index in [1.54, 1.807) is 30.3 Å². The number of nitriles is 1. The molecule has 0 aliphatic rings. The third-order valence-corrected chi connectivity index (χ3v) is 3.65. The van der Waals surface area contributed by atoms with Crippen LogP contribution in [0.3, 0.4) is 0 Å². The minimum atomic E-state index is -0.671. The van der Waals surface area contributed by atoms with Crippen molar-refractivity contribution in [2.24, 2.45) is 0 Å². The highest BCUT2D eigenvalue weighted by atomic mass is 35.5. The zero-order valence-corrected chi connectivity index (χ0v) is 12.9. The van der Waals surface area contributed by atoms with Crippen molar-refractivity contribution < 1.29 is 9.50 Å². The number of halogens is 2. The third kappa shape index (κ3) is 4.28. The summed E-state index contributed by atoms with van der Waals surface area (Å²) in [5.41, 5.74) is 2.09. The molecule has 1 unspecified atom stereocenters. The number of likely N-dealkylation sites (N-methyl/N-ethyl adjacent to an activating group) is 1. The maximum Gasteiger partial charge on any atom is 0.142 e. The van der Waals surface area contributed by atoms with E-state index in [1.165, 1.54) is 12.1 Å². The summed E-state index contributed by atoms with van der Waals surface area (Å²) in [5, 5.41) is 19.1. The Morgan fingerprint density at radius 3 is 2.55 bits per heavy atom. The van der Waals surface area contributed by atoms with Gasteiger partial charge in [0.1, 0.15) is 5.82 Å². The van der Waals surface area contributed by atoms with Crippen LogP contribution in [0.15, 0.2) is 42.5 Å². The Morgan fingerprint density at radius 2 is 1.95 bits per heavy atom. The molecular weight excluding hydrogens is 303 g/mol. The second-order valence-corrected chi connectivity index (χ2v) is 5.60. The lowest BCUT2D eigenvalue weighted by atomic mass is 10.1. The van der Waals surface area contributed by atoms with Gasteiger partial charge in [-0.15, -0.1) is 0 Å². The Hall–Kier alpha value is -1.93. The van der Waals surface area contributed by atoms with E-state index in [0.29, 0.717) is 18.7 Å². The van der Waals surface area contributed by atoms with Gasteiger partial charge in [-0.1, -0.05) is 29.8 Å². The summed E-state index contributed by atoms with van der Waals surface area (Å²) in [4.78, 5) is 1.89. The van der Waals surface area contributed by atoms with Crippen LogP contribution < -0.4 is 0 Å². The number of benzene rings is 2. The molecule has 5 heteroatoms. The molecule has 2 rings (SSSR count). The molecular formula is C17H16ClFN2O. The molecule has 0 aromatic heterocycles. The summed E-state index contributed by atoms with van der Waals surface area (Å²) in [7, 11) is 1.85. The number of aliphatic hydroxyl groups excluding tert-OH is 1. The van der Waals surface area contributed by atoms with Crippen molar-refractivity contribution in [3.05, 3.63) is 70.0 Å². The molecule has 0 aliphatic heterocycles. The SMILES string of the molecule is CN(Cc1ccc(Cl)c(F)c1)CC(O)c1ccc(C#N)cc1. The first-order chi connectivity index (χ1) is 10.5. The van der Waals surface area contributed by atoms with Crippen molar-refractivity contribution in [2.45, 2.75) is 12.6 Å². The maximum atomic E-state index is 13.4. The Labute approximate surface area is 134 Å². The van der Waals surface area contributed by atoms with E-state index in [-0.39, 0.29) is 5.02 Å². The molecule has 1 N–H and O–H groups in total. The predicted molar refractivity (Wildman–Crippen MR) is 83.9 cm³/mol. The Morgan fingerprint density at radius 1 is 1.27 bits per heavy atom. The van der Waals surface area contributed by atoms with Crippen molar-refractivity contribution >= 4 is 11.6 Å². The number of aliphatic hydroxyl groups is 1. The second kappa shape index (κ2) is 7.37. The summed E-state index contributed by atoms with van der Waals surface area (Å²) in [6.07, 6.45) is -0.671. The summed E-state index contributed by atoms with van der Waals surface area (Å²) in [6, 6.07) is 13.5. The molecule has 1 atom stereocenters. The first-order valence-electron chi connectivity index (χ1n) is 6.80. The molecule has 0 amide bonds. The van der Waals surface area contributed by atoms with Crippen LogP contribution in [0.1, 0.15) is 22.8 Å². The number of rotatable bonds is 5. The van der Waals surface area contributed by atoms with E-state index in [1.807, 2.05) is 18.0 Å². The molecule has 114 valence electrons. The van der Waals surface area contributed by atoms with Gasteiger partial charge in [0.2, 0.25) is 0 Å². The predicted octanol–water partition coefficient (Wildman–Crippen LogP) is 3.52. The lowest BCUT2D eigenvalue weighted by Crippen LogP contribution is -2.24. The summed E-state index contributed by atoms with van der Waals surface area (Å²) < 4.78 is 13.4. The van der Waals surface area contributed by atoms with Crippen LogP contribution in [-0.4, -0.2) is 23.6 Å². The topological polar surface area (TPSA) is 47.3 Å². The van der Waals surface area contributed by atoms with Gasteiger partial charge in [-0.05, 0) is 42.4 Å². The monoisotopic (exact) mass is 318 g/mol. The van der Waals surface area contributed by atoms with Crippen molar-refractivity contribution in [1.29, 1.82) is 5.26 Å². The second-order valence-electron chi connectivity index (χ2n) is 5.19.